The van der Waals surface area contributed by atoms with Crippen LogP contribution in [0.1, 0.15) is 9.67 Å². The van der Waals surface area contributed by atoms with Crippen LogP contribution in [-0.2, 0) is 0 Å². The van der Waals surface area contributed by atoms with Crippen molar-refractivity contribution in [1.82, 2.24) is 9.97 Å². The van der Waals surface area contributed by atoms with Crippen LogP contribution >= 0.6 is 23.1 Å². The van der Waals surface area contributed by atoms with Gasteiger partial charge in [0.05, 0.1) is 10.2 Å². The average molecular weight is 320 g/mol. The van der Waals surface area contributed by atoms with Crippen molar-refractivity contribution < 1.29 is 14.3 Å². The number of carbonyl (C=O) groups is 1. The topological polar surface area (TPSA) is 63.1 Å². The normalized spacial score (nSPS) is 11.0. The lowest BCUT2D eigenvalue weighted by atomic mass is 10.1. The monoisotopic (exact) mass is 320 g/mol. The first-order valence-corrected chi connectivity index (χ1v) is 7.97. The van der Waals surface area contributed by atoms with E-state index in [2.05, 4.69) is 9.97 Å². The van der Waals surface area contributed by atoms with E-state index in [-0.39, 0.29) is 10.7 Å². The maximum Gasteiger partial charge on any atom is 0.346 e. The minimum Gasteiger partial charge on any atom is -0.477 e. The van der Waals surface area contributed by atoms with Gasteiger partial charge in [-0.1, -0.05) is 23.9 Å². The van der Waals surface area contributed by atoms with Crippen molar-refractivity contribution in [2.45, 2.75) is 5.16 Å². The number of benzene rings is 1. The van der Waals surface area contributed by atoms with Crippen molar-refractivity contribution in [2.24, 2.45) is 0 Å². The first-order chi connectivity index (χ1) is 10.1. The van der Waals surface area contributed by atoms with Gasteiger partial charge in [-0.2, -0.15) is 0 Å². The number of hydrogen-bond acceptors (Lipinski definition) is 5. The van der Waals surface area contributed by atoms with Gasteiger partial charge < -0.3 is 5.11 Å². The number of aromatic carboxylic acids is 1. The van der Waals surface area contributed by atoms with Gasteiger partial charge in [0, 0.05) is 11.8 Å². The molecule has 0 bridgehead atoms. The van der Waals surface area contributed by atoms with Gasteiger partial charge in [0.25, 0.3) is 0 Å². The number of thioether (sulfide) groups is 1. The molecule has 106 valence electrons. The van der Waals surface area contributed by atoms with Crippen LogP contribution < -0.4 is 0 Å². The molecule has 2 aromatic heterocycles. The van der Waals surface area contributed by atoms with Crippen molar-refractivity contribution in [1.29, 1.82) is 0 Å². The van der Waals surface area contributed by atoms with E-state index in [1.807, 2.05) is 6.26 Å². The summed E-state index contributed by atoms with van der Waals surface area (Å²) in [6.07, 6.45) is 3.47. The molecule has 0 atom stereocenters. The number of carboxylic acids is 1. The quantitative estimate of drug-likeness (QED) is 0.585. The van der Waals surface area contributed by atoms with Crippen molar-refractivity contribution in [3.05, 3.63) is 41.2 Å². The fourth-order valence-electron chi connectivity index (χ4n) is 2.01. The summed E-state index contributed by atoms with van der Waals surface area (Å²) >= 11 is 2.51. The molecular formula is C14H9FN2O2S2. The minimum atomic E-state index is -1.02. The number of thiophene rings is 1. The Kier molecular flexibility index (Phi) is 3.60. The van der Waals surface area contributed by atoms with Gasteiger partial charge in [0.15, 0.2) is 5.16 Å². The molecule has 0 radical (unpaired) electrons. The molecule has 0 fully saturated rings. The number of hydrogen-bond donors (Lipinski definition) is 1. The molecule has 2 heterocycles. The summed E-state index contributed by atoms with van der Waals surface area (Å²) in [5.41, 5.74) is 1.73. The molecule has 1 aromatic carbocycles. The van der Waals surface area contributed by atoms with Crippen molar-refractivity contribution >= 4 is 39.3 Å². The molecule has 0 aliphatic carbocycles. The summed E-state index contributed by atoms with van der Waals surface area (Å²) in [4.78, 5) is 20.2. The molecule has 0 saturated heterocycles. The maximum atomic E-state index is 13.1. The van der Waals surface area contributed by atoms with Gasteiger partial charge in [-0.3, -0.25) is 0 Å². The molecule has 0 spiro atoms. The van der Waals surface area contributed by atoms with Gasteiger partial charge >= 0.3 is 5.97 Å². The number of halogens is 1. The van der Waals surface area contributed by atoms with Crippen LogP contribution in [-0.4, -0.2) is 27.3 Å². The Labute approximate surface area is 127 Å². The second-order valence-corrected chi connectivity index (χ2v) is 6.01. The molecule has 7 heteroatoms. The minimum absolute atomic E-state index is 0.184. The van der Waals surface area contributed by atoms with Gasteiger partial charge in [-0.25, -0.2) is 19.2 Å². The van der Waals surface area contributed by atoms with E-state index < -0.39 is 5.97 Å². The summed E-state index contributed by atoms with van der Waals surface area (Å²) in [6.45, 7) is 0. The first-order valence-electron chi connectivity index (χ1n) is 5.93. The average Bonchev–Trinajstić information content (AvgIpc) is 2.86. The number of aromatic nitrogens is 2. The Morgan fingerprint density at radius 2 is 2.05 bits per heavy atom. The Hall–Kier alpha value is -1.99. The smallest absolute Gasteiger partial charge is 0.346 e. The van der Waals surface area contributed by atoms with Crippen LogP contribution in [0.5, 0.6) is 0 Å². The van der Waals surface area contributed by atoms with Crippen LogP contribution in [0.2, 0.25) is 0 Å². The lowest BCUT2D eigenvalue weighted by molar-refractivity contribution is 0.0703. The van der Waals surface area contributed by atoms with E-state index in [0.29, 0.717) is 26.5 Å². The lowest BCUT2D eigenvalue weighted by Crippen LogP contribution is -1.95. The third kappa shape index (κ3) is 2.50. The maximum absolute atomic E-state index is 13.1. The molecule has 4 nitrogen and oxygen atoms in total. The Bertz CT molecular complexity index is 831. The summed E-state index contributed by atoms with van der Waals surface area (Å²) in [5, 5.41) is 9.96. The van der Waals surface area contributed by atoms with Crippen LogP contribution in [0.25, 0.3) is 21.3 Å². The zero-order valence-corrected chi connectivity index (χ0v) is 12.5. The van der Waals surface area contributed by atoms with E-state index in [9.17, 15) is 14.3 Å². The summed E-state index contributed by atoms with van der Waals surface area (Å²) in [6, 6.07) is 5.73. The highest BCUT2D eigenvalue weighted by Gasteiger charge is 2.21. The van der Waals surface area contributed by atoms with Crippen molar-refractivity contribution in [2.75, 3.05) is 6.26 Å². The highest BCUT2D eigenvalue weighted by Crippen LogP contribution is 2.38. The zero-order valence-electron chi connectivity index (χ0n) is 10.8. The predicted octanol–water partition coefficient (Wildman–Crippen LogP) is 3.92. The van der Waals surface area contributed by atoms with Gasteiger partial charge in [-0.15, -0.1) is 11.3 Å². The van der Waals surface area contributed by atoms with Crippen molar-refractivity contribution in [3.8, 4) is 11.1 Å². The Balaban J connectivity index is 2.33. The largest absolute Gasteiger partial charge is 0.477 e. The lowest BCUT2D eigenvalue weighted by Gasteiger charge is -2.02. The SMILES string of the molecule is CSc1ncc2sc(C(=O)O)c(-c3ccc(F)cc3)c2n1. The standard InChI is InChI=1S/C14H9FN2O2S2/c1-20-14-16-6-9-11(17-14)10(12(21-9)13(18)19)7-2-4-8(15)5-3-7/h2-6H,1H3,(H,18,19). The molecule has 21 heavy (non-hydrogen) atoms. The summed E-state index contributed by atoms with van der Waals surface area (Å²) in [7, 11) is 0. The number of carboxylic acid groups (broad SMARTS) is 1. The van der Waals surface area contributed by atoms with Crippen molar-refractivity contribution in [3.63, 3.8) is 0 Å². The molecule has 1 N–H and O–H groups in total. The highest BCUT2D eigenvalue weighted by molar-refractivity contribution is 7.98. The van der Waals surface area contributed by atoms with E-state index in [1.165, 1.54) is 23.9 Å². The van der Waals surface area contributed by atoms with Crippen LogP contribution in [0, 0.1) is 5.82 Å². The molecule has 0 amide bonds. The summed E-state index contributed by atoms with van der Waals surface area (Å²) in [5.74, 6) is -1.39. The van der Waals surface area contributed by atoms with Crippen LogP contribution in [0.4, 0.5) is 4.39 Å². The molecular weight excluding hydrogens is 311 g/mol. The Morgan fingerprint density at radius 1 is 1.33 bits per heavy atom. The van der Waals surface area contributed by atoms with E-state index in [0.717, 1.165) is 11.3 Å². The molecule has 3 rings (SSSR count). The number of nitrogens with zero attached hydrogens (tertiary/aromatic N) is 2. The van der Waals surface area contributed by atoms with Gasteiger partial charge in [0.1, 0.15) is 10.7 Å². The fraction of sp³-hybridized carbons (Fsp3) is 0.0714. The molecule has 0 saturated carbocycles. The third-order valence-corrected chi connectivity index (χ3v) is 4.58. The number of rotatable bonds is 3. The van der Waals surface area contributed by atoms with Gasteiger partial charge in [0.2, 0.25) is 0 Å². The van der Waals surface area contributed by atoms with Crippen LogP contribution in [0.15, 0.2) is 35.6 Å². The molecule has 3 aromatic rings. The van der Waals surface area contributed by atoms with E-state index >= 15 is 0 Å². The summed E-state index contributed by atoms with van der Waals surface area (Å²) < 4.78 is 13.8. The first kappa shape index (κ1) is 14.0. The Morgan fingerprint density at radius 3 is 2.67 bits per heavy atom. The van der Waals surface area contributed by atoms with E-state index in [1.54, 1.807) is 18.3 Å². The number of fused-ring (bicyclic) bond motifs is 1. The second-order valence-electron chi connectivity index (χ2n) is 4.19. The zero-order chi connectivity index (χ0) is 15.0. The van der Waals surface area contributed by atoms with Crippen LogP contribution in [0.3, 0.4) is 0 Å². The molecule has 0 unspecified atom stereocenters. The fourth-order valence-corrected chi connectivity index (χ4v) is 3.32. The van der Waals surface area contributed by atoms with E-state index in [4.69, 9.17) is 0 Å². The molecule has 0 aliphatic heterocycles. The van der Waals surface area contributed by atoms with Gasteiger partial charge in [-0.05, 0) is 24.0 Å². The second kappa shape index (κ2) is 5.42. The molecule has 0 aliphatic rings. The predicted molar refractivity (Wildman–Crippen MR) is 81.5 cm³/mol. The highest BCUT2D eigenvalue weighted by atomic mass is 32.2. The third-order valence-electron chi connectivity index (χ3n) is 2.92.